The zero-order chi connectivity index (χ0) is 28.6. The number of non-ortho nitro benzene ring substituents is 1. The normalized spacial score (nSPS) is 10.8. The van der Waals surface area contributed by atoms with Crippen molar-refractivity contribution in [3.63, 3.8) is 0 Å². The molecule has 1 amide bonds. The highest BCUT2D eigenvalue weighted by atomic mass is 35.5. The average Bonchev–Trinajstić information content (AvgIpc) is 2.96. The van der Waals surface area contributed by atoms with Crippen LogP contribution in [0, 0.1) is 32.8 Å². The second-order valence-corrected chi connectivity index (χ2v) is 9.29. The number of hydrogen-bond acceptors (Lipinski definition) is 9. The van der Waals surface area contributed by atoms with E-state index in [1.54, 1.807) is 60.9 Å². The van der Waals surface area contributed by atoms with E-state index in [1.807, 2.05) is 6.07 Å². The maximum atomic E-state index is 12.8. The molecular weight excluding hydrogens is 550 g/mol. The van der Waals surface area contributed by atoms with Crippen molar-refractivity contribution >= 4 is 58.2 Å². The summed E-state index contributed by atoms with van der Waals surface area (Å²) in [7, 11) is 0. The highest BCUT2D eigenvalue weighted by Gasteiger charge is 2.19. The molecule has 0 saturated carbocycles. The van der Waals surface area contributed by atoms with Gasteiger partial charge in [-0.25, -0.2) is 9.97 Å². The van der Waals surface area contributed by atoms with Gasteiger partial charge in [-0.3, -0.25) is 14.9 Å². The first-order valence-corrected chi connectivity index (χ1v) is 13.1. The van der Waals surface area contributed by atoms with Gasteiger partial charge in [-0.1, -0.05) is 53.7 Å². The van der Waals surface area contributed by atoms with E-state index < -0.39 is 10.8 Å². The number of halogens is 1. The van der Waals surface area contributed by atoms with Crippen LogP contribution in [0.5, 0.6) is 0 Å². The minimum Gasteiger partial charge on any atom is -0.339 e. The van der Waals surface area contributed by atoms with Crippen molar-refractivity contribution in [2.75, 3.05) is 16.9 Å². The van der Waals surface area contributed by atoms with Gasteiger partial charge in [0.15, 0.2) is 11.0 Å². The van der Waals surface area contributed by atoms with Crippen LogP contribution in [0.3, 0.4) is 0 Å². The molecular formula is C28H18ClN7O3S. The third-order valence-electron chi connectivity index (χ3n) is 5.44. The van der Waals surface area contributed by atoms with Crippen molar-refractivity contribution in [1.29, 1.82) is 10.5 Å². The molecule has 0 unspecified atom stereocenters. The number of amides is 1. The zero-order valence-electron chi connectivity index (χ0n) is 20.8. The summed E-state index contributed by atoms with van der Waals surface area (Å²) in [5, 5.41) is 37.4. The van der Waals surface area contributed by atoms with Crippen LogP contribution < -0.4 is 10.6 Å². The topological polar surface area (TPSA) is 158 Å². The Bertz CT molecular complexity index is 1730. The number of nitrogens with zero attached hydrogens (tertiary/aromatic N) is 5. The summed E-state index contributed by atoms with van der Waals surface area (Å²) in [6.45, 7) is 0. The predicted molar refractivity (Wildman–Crippen MR) is 154 cm³/mol. The lowest BCUT2D eigenvalue weighted by atomic mass is 10.1. The van der Waals surface area contributed by atoms with Gasteiger partial charge in [-0.05, 0) is 48.2 Å². The molecule has 0 fully saturated rings. The number of carbonyl (C=O) groups excluding carboxylic acids is 1. The van der Waals surface area contributed by atoms with Crippen LogP contribution >= 0.6 is 23.4 Å². The maximum absolute atomic E-state index is 12.8. The molecule has 0 atom stereocenters. The van der Waals surface area contributed by atoms with Gasteiger partial charge in [0.1, 0.15) is 23.3 Å². The molecule has 0 saturated heterocycles. The molecule has 2 N–H and O–H groups in total. The van der Waals surface area contributed by atoms with Crippen LogP contribution in [0.1, 0.15) is 11.1 Å². The number of rotatable bonds is 8. The van der Waals surface area contributed by atoms with Crippen LogP contribution in [-0.2, 0) is 4.79 Å². The van der Waals surface area contributed by atoms with E-state index in [9.17, 15) is 25.4 Å². The summed E-state index contributed by atoms with van der Waals surface area (Å²) in [5.41, 5.74) is 2.01. The number of aromatic nitrogens is 2. The minimum atomic E-state index is -0.605. The second kappa shape index (κ2) is 12.5. The second-order valence-electron chi connectivity index (χ2n) is 8.08. The quantitative estimate of drug-likeness (QED) is 0.0598. The molecule has 1 aromatic heterocycles. The first-order valence-electron chi connectivity index (χ1n) is 11.5. The molecule has 4 rings (SSSR count). The van der Waals surface area contributed by atoms with Crippen LogP contribution in [0.25, 0.3) is 17.3 Å². The molecule has 12 heteroatoms. The third-order valence-corrected chi connectivity index (χ3v) is 6.24. The molecule has 4 aromatic rings. The molecule has 0 aliphatic carbocycles. The number of benzene rings is 3. The van der Waals surface area contributed by atoms with Gasteiger partial charge in [0.2, 0.25) is 0 Å². The summed E-state index contributed by atoms with van der Waals surface area (Å²) in [4.78, 5) is 32.4. The maximum Gasteiger partial charge on any atom is 0.270 e. The molecule has 196 valence electrons. The van der Waals surface area contributed by atoms with E-state index in [0.717, 1.165) is 0 Å². The fraction of sp³-hybridized carbons (Fsp3) is 0.0357. The Morgan fingerprint density at radius 3 is 2.45 bits per heavy atom. The standard InChI is InChI=1S/C28H18ClN7O3S/c1-40-28-34-25(18-4-2-7-23(13-18)36(38)39)24(16-31)26(35-28)32-21-5-3-6-22(14-21)33-27(37)19(15-30)12-17-8-10-20(29)11-9-17/h2-14H,1H3,(H,33,37)(H,32,34,35)/b19-12+. The van der Waals surface area contributed by atoms with Crippen LogP contribution in [0.15, 0.2) is 83.5 Å². The van der Waals surface area contributed by atoms with Gasteiger partial charge >= 0.3 is 0 Å². The monoisotopic (exact) mass is 567 g/mol. The van der Waals surface area contributed by atoms with E-state index in [0.29, 0.717) is 32.7 Å². The van der Waals surface area contributed by atoms with E-state index in [4.69, 9.17) is 11.6 Å². The average molecular weight is 568 g/mol. The fourth-order valence-electron chi connectivity index (χ4n) is 3.59. The van der Waals surface area contributed by atoms with Gasteiger partial charge < -0.3 is 10.6 Å². The number of hydrogen-bond donors (Lipinski definition) is 2. The molecule has 0 radical (unpaired) electrons. The summed E-state index contributed by atoms with van der Waals surface area (Å²) < 4.78 is 0. The molecule has 1 heterocycles. The van der Waals surface area contributed by atoms with Crippen molar-refractivity contribution in [2.24, 2.45) is 0 Å². The number of anilines is 3. The number of nitriles is 2. The van der Waals surface area contributed by atoms with Gasteiger partial charge in [-0.15, -0.1) is 0 Å². The summed E-state index contributed by atoms with van der Waals surface area (Å²) in [6, 6.07) is 23.2. The SMILES string of the molecule is CSc1nc(Nc2cccc(NC(=O)/C(C#N)=C/c3ccc(Cl)cc3)c2)c(C#N)c(-c2cccc([N+](=O)[O-])c2)n1. The Kier molecular flexibility index (Phi) is 8.72. The lowest BCUT2D eigenvalue weighted by molar-refractivity contribution is -0.384. The smallest absolute Gasteiger partial charge is 0.270 e. The molecule has 0 bridgehead atoms. The van der Waals surface area contributed by atoms with Crippen molar-refractivity contribution in [1.82, 2.24) is 9.97 Å². The van der Waals surface area contributed by atoms with Crippen LogP contribution in [-0.4, -0.2) is 27.1 Å². The van der Waals surface area contributed by atoms with Crippen molar-refractivity contribution < 1.29 is 9.72 Å². The highest BCUT2D eigenvalue weighted by molar-refractivity contribution is 7.98. The van der Waals surface area contributed by atoms with E-state index in [-0.39, 0.29) is 28.3 Å². The Morgan fingerprint density at radius 2 is 1.77 bits per heavy atom. The minimum absolute atomic E-state index is 0.0883. The van der Waals surface area contributed by atoms with Crippen molar-refractivity contribution in [2.45, 2.75) is 5.16 Å². The number of nitro benzene ring substituents is 1. The summed E-state index contributed by atoms with van der Waals surface area (Å²) in [6.07, 6.45) is 3.22. The third kappa shape index (κ3) is 6.60. The lowest BCUT2D eigenvalue weighted by Crippen LogP contribution is -2.13. The lowest BCUT2D eigenvalue weighted by Gasteiger charge is -2.13. The fourth-order valence-corrected chi connectivity index (χ4v) is 4.08. The Hall–Kier alpha value is -5.23. The van der Waals surface area contributed by atoms with E-state index in [2.05, 4.69) is 26.7 Å². The first-order chi connectivity index (χ1) is 19.3. The molecule has 0 aliphatic heterocycles. The summed E-state index contributed by atoms with van der Waals surface area (Å²) in [5.74, 6) is -0.417. The van der Waals surface area contributed by atoms with E-state index in [1.165, 1.54) is 36.0 Å². The molecule has 3 aromatic carbocycles. The molecule has 0 spiro atoms. The largest absolute Gasteiger partial charge is 0.339 e. The number of nitrogens with one attached hydrogen (secondary N) is 2. The van der Waals surface area contributed by atoms with Crippen molar-refractivity contribution in [3.8, 4) is 23.4 Å². The van der Waals surface area contributed by atoms with Crippen LogP contribution in [0.4, 0.5) is 22.9 Å². The Labute approximate surface area is 238 Å². The zero-order valence-corrected chi connectivity index (χ0v) is 22.3. The van der Waals surface area contributed by atoms with Gasteiger partial charge in [0.25, 0.3) is 11.6 Å². The number of carbonyl (C=O) groups is 1. The van der Waals surface area contributed by atoms with E-state index >= 15 is 0 Å². The molecule has 40 heavy (non-hydrogen) atoms. The number of thioether (sulfide) groups is 1. The van der Waals surface area contributed by atoms with Gasteiger partial charge in [0, 0.05) is 34.1 Å². The number of nitro groups is 1. The Balaban J connectivity index is 1.63. The van der Waals surface area contributed by atoms with Crippen molar-refractivity contribution in [3.05, 3.63) is 105 Å². The highest BCUT2D eigenvalue weighted by Crippen LogP contribution is 2.32. The van der Waals surface area contributed by atoms with Gasteiger partial charge in [-0.2, -0.15) is 10.5 Å². The predicted octanol–water partition coefficient (Wildman–Crippen LogP) is 6.59. The van der Waals surface area contributed by atoms with Crippen LogP contribution in [0.2, 0.25) is 5.02 Å². The molecule has 10 nitrogen and oxygen atoms in total. The van der Waals surface area contributed by atoms with Gasteiger partial charge in [0.05, 0.1) is 10.6 Å². The summed E-state index contributed by atoms with van der Waals surface area (Å²) >= 11 is 7.14. The Morgan fingerprint density at radius 1 is 1.05 bits per heavy atom. The molecule has 0 aliphatic rings. The first kappa shape index (κ1) is 27.8.